The quantitative estimate of drug-likeness (QED) is 0.798. The second kappa shape index (κ2) is 7.93. The lowest BCUT2D eigenvalue weighted by atomic mass is 9.88. The maximum absolute atomic E-state index is 12.7. The molecule has 2 saturated heterocycles. The second-order valence-electron chi connectivity index (χ2n) is 7.10. The van der Waals surface area contributed by atoms with Crippen LogP contribution in [0.1, 0.15) is 49.4 Å². The molecule has 0 bridgehead atoms. The van der Waals surface area contributed by atoms with Gasteiger partial charge in [0.2, 0.25) is 5.91 Å². The minimum atomic E-state index is -0.0594. The summed E-state index contributed by atoms with van der Waals surface area (Å²) >= 11 is 0. The van der Waals surface area contributed by atoms with Crippen molar-refractivity contribution >= 4 is 11.7 Å². The van der Waals surface area contributed by atoms with Gasteiger partial charge in [-0.3, -0.25) is 14.5 Å². The predicted molar refractivity (Wildman–Crippen MR) is 95.0 cm³/mol. The van der Waals surface area contributed by atoms with Crippen LogP contribution >= 0.6 is 0 Å². The van der Waals surface area contributed by atoms with Crippen LogP contribution in [0.2, 0.25) is 0 Å². The van der Waals surface area contributed by atoms with E-state index in [1.54, 1.807) is 0 Å². The van der Waals surface area contributed by atoms with Gasteiger partial charge in [-0.15, -0.1) is 0 Å². The Labute approximate surface area is 144 Å². The molecule has 1 amide bonds. The Kier molecular flexibility index (Phi) is 5.67. The van der Waals surface area contributed by atoms with Crippen molar-refractivity contribution in [1.82, 2.24) is 9.80 Å². The maximum atomic E-state index is 12.7. The first-order valence-corrected chi connectivity index (χ1v) is 9.29. The summed E-state index contributed by atoms with van der Waals surface area (Å²) in [5.74, 6) is 0.619. The Morgan fingerprint density at radius 2 is 1.58 bits per heavy atom. The molecule has 0 aliphatic carbocycles. The fraction of sp³-hybridized carbons (Fsp3) is 0.600. The molecule has 4 nitrogen and oxygen atoms in total. The average molecular weight is 328 g/mol. The van der Waals surface area contributed by atoms with E-state index in [4.69, 9.17) is 0 Å². The number of likely N-dealkylation sites (tertiary alicyclic amines) is 2. The van der Waals surface area contributed by atoms with Crippen LogP contribution in [0.15, 0.2) is 30.3 Å². The number of carbonyl (C=O) groups is 2. The standard InChI is InChI=1S/C20H28N2O2/c1-16(20(24)22-12-6-3-7-13-22)21-14-10-18(11-15-21)19(23)17-8-4-2-5-9-17/h2,4-5,8-9,16,18H,3,6-7,10-15H2,1H3. The zero-order valence-electron chi connectivity index (χ0n) is 14.6. The molecule has 3 rings (SSSR count). The molecule has 0 spiro atoms. The Morgan fingerprint density at radius 1 is 0.958 bits per heavy atom. The van der Waals surface area contributed by atoms with Gasteiger partial charge in [-0.05, 0) is 52.1 Å². The summed E-state index contributed by atoms with van der Waals surface area (Å²) in [5, 5.41) is 0. The summed E-state index contributed by atoms with van der Waals surface area (Å²) in [4.78, 5) is 29.5. The van der Waals surface area contributed by atoms with Gasteiger partial charge in [-0.1, -0.05) is 30.3 Å². The third-order valence-corrected chi connectivity index (χ3v) is 5.53. The number of rotatable bonds is 4. The van der Waals surface area contributed by atoms with Crippen LogP contribution in [0.3, 0.4) is 0 Å². The van der Waals surface area contributed by atoms with E-state index < -0.39 is 0 Å². The number of benzene rings is 1. The third kappa shape index (κ3) is 3.86. The number of carbonyl (C=O) groups excluding carboxylic acids is 2. The van der Waals surface area contributed by atoms with E-state index in [1.165, 1.54) is 6.42 Å². The highest BCUT2D eigenvalue weighted by molar-refractivity contribution is 5.97. The van der Waals surface area contributed by atoms with Gasteiger partial charge in [0.25, 0.3) is 0 Å². The largest absolute Gasteiger partial charge is 0.341 e. The zero-order valence-corrected chi connectivity index (χ0v) is 14.6. The minimum absolute atomic E-state index is 0.0594. The SMILES string of the molecule is CC(C(=O)N1CCCCC1)N1CCC(C(=O)c2ccccc2)CC1. The highest BCUT2D eigenvalue weighted by atomic mass is 16.2. The van der Waals surface area contributed by atoms with Crippen LogP contribution in [-0.4, -0.2) is 53.7 Å². The summed E-state index contributed by atoms with van der Waals surface area (Å²) < 4.78 is 0. The van der Waals surface area contributed by atoms with E-state index in [9.17, 15) is 9.59 Å². The van der Waals surface area contributed by atoms with Gasteiger partial charge >= 0.3 is 0 Å². The molecule has 1 aromatic rings. The monoisotopic (exact) mass is 328 g/mol. The van der Waals surface area contributed by atoms with Crippen molar-refractivity contribution in [1.29, 1.82) is 0 Å². The van der Waals surface area contributed by atoms with Crippen molar-refractivity contribution in [2.45, 2.75) is 45.1 Å². The fourth-order valence-electron chi connectivity index (χ4n) is 3.92. The van der Waals surface area contributed by atoms with Crippen molar-refractivity contribution in [3.8, 4) is 0 Å². The first kappa shape index (κ1) is 17.2. The Morgan fingerprint density at radius 3 is 2.21 bits per heavy atom. The molecule has 1 unspecified atom stereocenters. The van der Waals surface area contributed by atoms with E-state index in [1.807, 2.05) is 42.2 Å². The normalized spacial score (nSPS) is 21.5. The van der Waals surface area contributed by atoms with Crippen molar-refractivity contribution in [3.63, 3.8) is 0 Å². The number of Topliss-reactive ketones (excluding diaryl/α,β-unsaturated/α-hetero) is 1. The number of amides is 1. The summed E-state index contributed by atoms with van der Waals surface area (Å²) in [5.41, 5.74) is 0.813. The Hall–Kier alpha value is -1.68. The van der Waals surface area contributed by atoms with Crippen LogP contribution in [0, 0.1) is 5.92 Å². The van der Waals surface area contributed by atoms with E-state index in [0.29, 0.717) is 0 Å². The molecular weight excluding hydrogens is 300 g/mol. The van der Waals surface area contributed by atoms with Crippen LogP contribution in [0.5, 0.6) is 0 Å². The lowest BCUT2D eigenvalue weighted by Gasteiger charge is -2.38. The van der Waals surface area contributed by atoms with Crippen molar-refractivity contribution in [2.24, 2.45) is 5.92 Å². The van der Waals surface area contributed by atoms with E-state index in [0.717, 1.165) is 57.4 Å². The summed E-state index contributed by atoms with van der Waals surface area (Å²) in [7, 11) is 0. The molecule has 4 heteroatoms. The molecule has 24 heavy (non-hydrogen) atoms. The highest BCUT2D eigenvalue weighted by Crippen LogP contribution is 2.24. The first-order chi connectivity index (χ1) is 11.7. The number of hydrogen-bond donors (Lipinski definition) is 0. The second-order valence-corrected chi connectivity index (χ2v) is 7.10. The van der Waals surface area contributed by atoms with Gasteiger partial charge in [0.15, 0.2) is 5.78 Å². The van der Waals surface area contributed by atoms with Gasteiger partial charge in [0, 0.05) is 24.6 Å². The first-order valence-electron chi connectivity index (χ1n) is 9.29. The molecule has 2 aliphatic rings. The molecule has 0 radical (unpaired) electrons. The fourth-order valence-corrected chi connectivity index (χ4v) is 3.92. The number of hydrogen-bond acceptors (Lipinski definition) is 3. The lowest BCUT2D eigenvalue weighted by molar-refractivity contribution is -0.137. The number of nitrogens with zero attached hydrogens (tertiary/aromatic N) is 2. The third-order valence-electron chi connectivity index (χ3n) is 5.53. The van der Waals surface area contributed by atoms with Crippen molar-refractivity contribution < 1.29 is 9.59 Å². The van der Waals surface area contributed by atoms with Gasteiger partial charge in [-0.2, -0.15) is 0 Å². The molecule has 0 saturated carbocycles. The average Bonchev–Trinajstić information content (AvgIpc) is 2.68. The Balaban J connectivity index is 1.52. The smallest absolute Gasteiger partial charge is 0.239 e. The van der Waals surface area contributed by atoms with Gasteiger partial charge in [0.05, 0.1) is 6.04 Å². The van der Waals surface area contributed by atoms with Crippen LogP contribution in [0.4, 0.5) is 0 Å². The molecule has 2 fully saturated rings. The van der Waals surface area contributed by atoms with Crippen LogP contribution < -0.4 is 0 Å². The molecule has 2 heterocycles. The van der Waals surface area contributed by atoms with Crippen molar-refractivity contribution in [3.05, 3.63) is 35.9 Å². The molecule has 0 aromatic heterocycles. The molecule has 130 valence electrons. The van der Waals surface area contributed by atoms with Crippen LogP contribution in [-0.2, 0) is 4.79 Å². The number of piperidine rings is 2. The topological polar surface area (TPSA) is 40.6 Å². The van der Waals surface area contributed by atoms with Gasteiger partial charge in [0.1, 0.15) is 0 Å². The lowest BCUT2D eigenvalue weighted by Crippen LogP contribution is -2.51. The van der Waals surface area contributed by atoms with Gasteiger partial charge < -0.3 is 4.90 Å². The molecule has 1 aromatic carbocycles. The summed E-state index contributed by atoms with van der Waals surface area (Å²) in [6, 6.07) is 9.52. The van der Waals surface area contributed by atoms with E-state index in [2.05, 4.69) is 4.90 Å². The molecule has 2 aliphatic heterocycles. The van der Waals surface area contributed by atoms with E-state index >= 15 is 0 Å². The number of ketones is 1. The molecular formula is C20H28N2O2. The predicted octanol–water partition coefficient (Wildman–Crippen LogP) is 2.98. The Bertz CT molecular complexity index is 558. The maximum Gasteiger partial charge on any atom is 0.239 e. The minimum Gasteiger partial charge on any atom is -0.341 e. The van der Waals surface area contributed by atoms with Crippen LogP contribution in [0.25, 0.3) is 0 Å². The van der Waals surface area contributed by atoms with E-state index in [-0.39, 0.29) is 23.7 Å². The van der Waals surface area contributed by atoms with Crippen molar-refractivity contribution in [2.75, 3.05) is 26.2 Å². The van der Waals surface area contributed by atoms with Gasteiger partial charge in [-0.25, -0.2) is 0 Å². The highest BCUT2D eigenvalue weighted by Gasteiger charge is 2.32. The molecule has 0 N–H and O–H groups in total. The zero-order chi connectivity index (χ0) is 16.9. The summed E-state index contributed by atoms with van der Waals surface area (Å²) in [6.45, 7) is 5.52. The summed E-state index contributed by atoms with van der Waals surface area (Å²) in [6.07, 6.45) is 5.21. The molecule has 1 atom stereocenters.